The molecule has 0 spiro atoms. The van der Waals surface area contributed by atoms with Gasteiger partial charge < -0.3 is 49.6 Å². The van der Waals surface area contributed by atoms with Crippen molar-refractivity contribution in [1.82, 2.24) is 0 Å². The van der Waals surface area contributed by atoms with Gasteiger partial charge in [-0.2, -0.15) is 0 Å². The van der Waals surface area contributed by atoms with E-state index in [9.17, 15) is 35.4 Å². The first-order chi connectivity index (χ1) is 21.6. The van der Waals surface area contributed by atoms with Crippen molar-refractivity contribution in [2.45, 2.75) is 146 Å². The zero-order valence-electron chi connectivity index (χ0n) is 27.6. The number of hydrogen-bond acceptors (Lipinski definition) is 11. The van der Waals surface area contributed by atoms with E-state index in [0.717, 1.165) is 44.9 Å². The number of allylic oxidation sites excluding steroid dienone is 4. The van der Waals surface area contributed by atoms with Gasteiger partial charge in [0.2, 0.25) is 0 Å². The van der Waals surface area contributed by atoms with Crippen LogP contribution >= 0.6 is 0 Å². The van der Waals surface area contributed by atoms with Crippen molar-refractivity contribution >= 4 is 5.97 Å². The van der Waals surface area contributed by atoms with E-state index in [-0.39, 0.29) is 34.7 Å². The fourth-order valence-corrected chi connectivity index (χ4v) is 10.8. The Labute approximate surface area is 270 Å². The van der Waals surface area contributed by atoms with Crippen LogP contribution in [0.4, 0.5) is 0 Å². The molecule has 7 aliphatic rings. The molecule has 3 saturated heterocycles. The summed E-state index contributed by atoms with van der Waals surface area (Å²) in [5, 5.41) is 63.2. The summed E-state index contributed by atoms with van der Waals surface area (Å²) < 4.78 is 23.8. The Morgan fingerprint density at radius 3 is 2.43 bits per heavy atom. The predicted octanol–water partition coefficient (Wildman–Crippen LogP) is 1.85. The second-order valence-corrected chi connectivity index (χ2v) is 16.1. The maximum atomic E-state index is 13.5. The molecule has 0 unspecified atom stereocenters. The van der Waals surface area contributed by atoms with Gasteiger partial charge in [0.1, 0.15) is 30.5 Å². The highest BCUT2D eigenvalue weighted by atomic mass is 16.7. The van der Waals surface area contributed by atoms with Crippen molar-refractivity contribution < 1.29 is 54.4 Å². The minimum Gasteiger partial charge on any atom is -0.456 e. The second kappa shape index (κ2) is 11.1. The largest absolute Gasteiger partial charge is 0.456 e. The van der Waals surface area contributed by atoms with E-state index in [1.165, 1.54) is 23.6 Å². The maximum absolute atomic E-state index is 13.5. The number of rotatable bonds is 5. The maximum Gasteiger partial charge on any atom is 0.312 e. The Balaban J connectivity index is 1.08. The van der Waals surface area contributed by atoms with Crippen LogP contribution in [0.15, 0.2) is 22.8 Å². The highest BCUT2D eigenvalue weighted by Crippen LogP contribution is 2.66. The van der Waals surface area contributed by atoms with Crippen molar-refractivity contribution in [2.24, 2.45) is 34.5 Å². The van der Waals surface area contributed by atoms with Crippen LogP contribution in [-0.4, -0.2) is 104 Å². The predicted molar refractivity (Wildman–Crippen MR) is 163 cm³/mol. The van der Waals surface area contributed by atoms with Crippen LogP contribution in [0.5, 0.6) is 0 Å². The van der Waals surface area contributed by atoms with Gasteiger partial charge in [0, 0.05) is 0 Å². The summed E-state index contributed by atoms with van der Waals surface area (Å²) >= 11 is 0. The molecule has 0 bridgehead atoms. The highest BCUT2D eigenvalue weighted by Gasteiger charge is 2.73. The van der Waals surface area contributed by atoms with Crippen molar-refractivity contribution in [3.63, 3.8) is 0 Å². The van der Waals surface area contributed by atoms with Crippen molar-refractivity contribution in [3.05, 3.63) is 22.8 Å². The van der Waals surface area contributed by atoms with Gasteiger partial charge in [-0.3, -0.25) is 4.79 Å². The Morgan fingerprint density at radius 2 is 1.74 bits per heavy atom. The molecule has 11 heteroatoms. The molecule has 0 aromatic heterocycles. The van der Waals surface area contributed by atoms with E-state index in [2.05, 4.69) is 19.9 Å². The van der Waals surface area contributed by atoms with E-state index in [4.69, 9.17) is 18.9 Å². The zero-order chi connectivity index (χ0) is 33.1. The van der Waals surface area contributed by atoms with Crippen molar-refractivity contribution in [2.75, 3.05) is 6.61 Å². The van der Waals surface area contributed by atoms with Crippen molar-refractivity contribution in [3.8, 4) is 0 Å². The molecule has 0 aromatic rings. The van der Waals surface area contributed by atoms with E-state index in [1.807, 2.05) is 0 Å². The van der Waals surface area contributed by atoms with Gasteiger partial charge in [-0.25, -0.2) is 0 Å². The summed E-state index contributed by atoms with van der Waals surface area (Å²) in [6, 6.07) is 0. The third kappa shape index (κ3) is 4.46. The SMILES string of the molecule is CC(C)[C@]1(O)[C@H]2OC(=O)[C@@H]([C@H]3CC=C4C5=C(CC[C@@]43C)[C@@]3(C)CC[C@H](O[C@@H]4O[C@H](CO)[C@@H](O)[C@H](O)[C@H]4O)C[C@@H]3CC5)[C@H]2O[C@]1(C)O. The van der Waals surface area contributed by atoms with E-state index < -0.39 is 66.8 Å². The number of fused-ring (bicyclic) bond motifs is 5. The third-order valence-electron chi connectivity index (χ3n) is 13.7. The summed E-state index contributed by atoms with van der Waals surface area (Å²) in [7, 11) is 0. The number of esters is 1. The molecule has 6 N–H and O–H groups in total. The molecule has 7 rings (SSSR count). The van der Waals surface area contributed by atoms with Crippen LogP contribution in [0.1, 0.15) is 86.0 Å². The minimum absolute atomic E-state index is 0.0124. The lowest BCUT2D eigenvalue weighted by molar-refractivity contribution is -0.315. The summed E-state index contributed by atoms with van der Waals surface area (Å²) in [6.45, 7) is 9.23. The molecular weight excluding hydrogens is 596 g/mol. The Hall–Kier alpha value is -1.41. The third-order valence-corrected chi connectivity index (χ3v) is 13.7. The smallest absolute Gasteiger partial charge is 0.312 e. The molecular formula is C35H52O11. The van der Waals surface area contributed by atoms with Gasteiger partial charge in [-0.05, 0) is 98.0 Å². The van der Waals surface area contributed by atoms with E-state index in [0.29, 0.717) is 12.3 Å². The number of carbonyl (C=O) groups excluding carboxylic acids is 1. The van der Waals surface area contributed by atoms with Crippen molar-refractivity contribution in [1.29, 1.82) is 0 Å². The number of aliphatic hydroxyl groups is 6. The summed E-state index contributed by atoms with van der Waals surface area (Å²) in [5.74, 6) is -2.83. The quantitative estimate of drug-likeness (QED) is 0.240. The fraction of sp³-hybridized carbons (Fsp3) is 0.857. The molecule has 0 radical (unpaired) electrons. The Morgan fingerprint density at radius 1 is 1.00 bits per heavy atom. The van der Waals surface area contributed by atoms with E-state index in [1.54, 1.807) is 13.8 Å². The molecule has 46 heavy (non-hydrogen) atoms. The molecule has 4 fully saturated rings. The van der Waals surface area contributed by atoms with Gasteiger partial charge in [0.15, 0.2) is 23.8 Å². The Kier molecular flexibility index (Phi) is 7.95. The van der Waals surface area contributed by atoms with Gasteiger partial charge >= 0.3 is 5.97 Å². The zero-order valence-corrected chi connectivity index (χ0v) is 27.6. The molecule has 258 valence electrons. The monoisotopic (exact) mass is 648 g/mol. The standard InChI is InChI=1S/C35H52O11/c1-16(2)35(42)29-28(46-34(35,5)41)24(30(40)45-29)22-9-8-20-19-7-6-17-14-18(10-12-32(17,3)21(19)11-13-33(20,22)4)43-31-27(39)26(38)25(37)23(15-36)44-31/h8,16-18,22-29,31,36-39,41-42H,6-7,9-15H2,1-5H3/t17-,18-,22+,23+,24-,25+,26-,27+,28+,29-,31+,32-,33-,34-,35-/m0/s1. The van der Waals surface area contributed by atoms with Crippen LogP contribution in [0.2, 0.25) is 0 Å². The number of aliphatic hydroxyl groups excluding tert-OH is 4. The molecule has 15 atom stereocenters. The lowest BCUT2D eigenvalue weighted by atomic mass is 9.51. The Bertz CT molecular complexity index is 1310. The van der Waals surface area contributed by atoms with E-state index >= 15 is 0 Å². The number of ether oxygens (including phenoxy) is 4. The average molecular weight is 649 g/mol. The lowest BCUT2D eigenvalue weighted by Crippen LogP contribution is -2.60. The molecule has 3 aliphatic heterocycles. The summed E-state index contributed by atoms with van der Waals surface area (Å²) in [5.41, 5.74) is 2.29. The van der Waals surface area contributed by atoms with Crippen LogP contribution in [-0.2, 0) is 23.7 Å². The second-order valence-electron chi connectivity index (χ2n) is 16.1. The fourth-order valence-electron chi connectivity index (χ4n) is 10.8. The summed E-state index contributed by atoms with van der Waals surface area (Å²) in [4.78, 5) is 13.5. The minimum atomic E-state index is -1.83. The topological polar surface area (TPSA) is 175 Å². The normalized spacial score (nSPS) is 53.4. The molecule has 11 nitrogen and oxygen atoms in total. The number of carbonyl (C=O) groups is 1. The van der Waals surface area contributed by atoms with Crippen LogP contribution in [0.25, 0.3) is 0 Å². The molecule has 0 amide bonds. The first kappa shape index (κ1) is 33.1. The lowest BCUT2D eigenvalue weighted by Gasteiger charge is -2.54. The average Bonchev–Trinajstić information content (AvgIpc) is 3.58. The molecule has 3 heterocycles. The number of hydrogen-bond donors (Lipinski definition) is 6. The van der Waals surface area contributed by atoms with Crippen LogP contribution in [0.3, 0.4) is 0 Å². The molecule has 4 aliphatic carbocycles. The first-order valence-corrected chi connectivity index (χ1v) is 17.3. The van der Waals surface area contributed by atoms with Gasteiger partial charge in [-0.15, -0.1) is 0 Å². The van der Waals surface area contributed by atoms with Gasteiger partial charge in [-0.1, -0.05) is 39.3 Å². The molecule has 1 saturated carbocycles. The highest BCUT2D eigenvalue weighted by molar-refractivity contribution is 5.77. The van der Waals surface area contributed by atoms with Crippen LogP contribution in [0, 0.1) is 34.5 Å². The first-order valence-electron chi connectivity index (χ1n) is 17.3. The molecule has 0 aromatic carbocycles. The summed E-state index contributed by atoms with van der Waals surface area (Å²) in [6.07, 6.45) is 0.995. The van der Waals surface area contributed by atoms with Crippen LogP contribution < -0.4 is 0 Å². The van der Waals surface area contributed by atoms with Gasteiger partial charge in [0.25, 0.3) is 0 Å². The van der Waals surface area contributed by atoms with Gasteiger partial charge in [0.05, 0.1) is 18.6 Å².